The van der Waals surface area contributed by atoms with Gasteiger partial charge in [0, 0.05) is 11.4 Å². The van der Waals surface area contributed by atoms with Gasteiger partial charge >= 0.3 is 0 Å². The summed E-state index contributed by atoms with van der Waals surface area (Å²) in [6.45, 7) is 0. The zero-order chi connectivity index (χ0) is 20.9. The first kappa shape index (κ1) is 19.2. The molecule has 6 heteroatoms. The molecule has 0 saturated heterocycles. The van der Waals surface area contributed by atoms with Crippen LogP contribution in [0.2, 0.25) is 0 Å². The SMILES string of the molecule is N#Cc1cccc(NC(=O)C2CC2C(=O)Nc2ccc(Oc3ccccc3)cc2)c1. The lowest BCUT2D eigenvalue weighted by Crippen LogP contribution is -2.20. The summed E-state index contributed by atoms with van der Waals surface area (Å²) in [6.07, 6.45) is 0.505. The lowest BCUT2D eigenvalue weighted by atomic mass is 10.2. The summed E-state index contributed by atoms with van der Waals surface area (Å²) < 4.78 is 5.73. The minimum atomic E-state index is -0.364. The predicted molar refractivity (Wildman–Crippen MR) is 113 cm³/mol. The third-order valence-electron chi connectivity index (χ3n) is 4.82. The van der Waals surface area contributed by atoms with Crippen LogP contribution in [-0.2, 0) is 9.59 Å². The van der Waals surface area contributed by atoms with E-state index < -0.39 is 0 Å². The first-order valence-electron chi connectivity index (χ1n) is 9.57. The fourth-order valence-corrected chi connectivity index (χ4v) is 3.14. The van der Waals surface area contributed by atoms with Crippen LogP contribution in [0.15, 0.2) is 78.9 Å². The fourth-order valence-electron chi connectivity index (χ4n) is 3.14. The van der Waals surface area contributed by atoms with Gasteiger partial charge in [-0.05, 0) is 61.0 Å². The number of anilines is 2. The van der Waals surface area contributed by atoms with E-state index in [0.717, 1.165) is 5.75 Å². The van der Waals surface area contributed by atoms with E-state index in [1.54, 1.807) is 48.5 Å². The van der Waals surface area contributed by atoms with Crippen LogP contribution in [0.25, 0.3) is 0 Å². The Hall–Kier alpha value is -4.11. The Balaban J connectivity index is 1.29. The quantitative estimate of drug-likeness (QED) is 0.638. The molecule has 0 spiro atoms. The van der Waals surface area contributed by atoms with Gasteiger partial charge in [0.15, 0.2) is 0 Å². The van der Waals surface area contributed by atoms with Crippen molar-refractivity contribution in [1.82, 2.24) is 0 Å². The Morgan fingerprint density at radius 1 is 0.800 bits per heavy atom. The van der Waals surface area contributed by atoms with Gasteiger partial charge < -0.3 is 15.4 Å². The Bertz CT molecular complexity index is 1100. The minimum Gasteiger partial charge on any atom is -0.457 e. The summed E-state index contributed by atoms with van der Waals surface area (Å²) in [6, 6.07) is 25.3. The molecule has 3 aromatic carbocycles. The Kier molecular flexibility index (Phi) is 5.44. The summed E-state index contributed by atoms with van der Waals surface area (Å²) in [5, 5.41) is 14.6. The molecule has 2 amide bonds. The van der Waals surface area contributed by atoms with Crippen molar-refractivity contribution in [3.8, 4) is 17.6 Å². The molecule has 148 valence electrons. The maximum absolute atomic E-state index is 12.5. The third kappa shape index (κ3) is 4.65. The van der Waals surface area contributed by atoms with Crippen molar-refractivity contribution in [3.63, 3.8) is 0 Å². The van der Waals surface area contributed by atoms with Crippen molar-refractivity contribution in [3.05, 3.63) is 84.4 Å². The summed E-state index contributed by atoms with van der Waals surface area (Å²) in [5.74, 6) is 0.291. The molecule has 0 radical (unpaired) electrons. The molecule has 1 aliphatic carbocycles. The lowest BCUT2D eigenvalue weighted by molar-refractivity contribution is -0.122. The van der Waals surface area contributed by atoms with Gasteiger partial charge in [-0.25, -0.2) is 0 Å². The molecule has 2 N–H and O–H groups in total. The number of hydrogen-bond acceptors (Lipinski definition) is 4. The molecule has 1 aliphatic rings. The highest BCUT2D eigenvalue weighted by Gasteiger charge is 2.48. The molecule has 2 atom stereocenters. The van der Waals surface area contributed by atoms with Gasteiger partial charge in [0.2, 0.25) is 11.8 Å². The minimum absolute atomic E-state index is 0.183. The average Bonchev–Trinajstić information content (AvgIpc) is 3.57. The van der Waals surface area contributed by atoms with Crippen LogP contribution in [0.5, 0.6) is 11.5 Å². The van der Waals surface area contributed by atoms with Gasteiger partial charge in [-0.3, -0.25) is 9.59 Å². The predicted octanol–water partition coefficient (Wildman–Crippen LogP) is 4.56. The number of para-hydroxylation sites is 1. The molecule has 6 nitrogen and oxygen atoms in total. The van der Waals surface area contributed by atoms with Crippen molar-refractivity contribution in [2.45, 2.75) is 6.42 Å². The van der Waals surface area contributed by atoms with Gasteiger partial charge in [0.05, 0.1) is 23.5 Å². The lowest BCUT2D eigenvalue weighted by Gasteiger charge is -2.08. The molecular formula is C24H19N3O3. The second-order valence-electron chi connectivity index (χ2n) is 7.06. The van der Waals surface area contributed by atoms with E-state index in [0.29, 0.717) is 29.1 Å². The number of amides is 2. The number of carbonyl (C=O) groups is 2. The largest absolute Gasteiger partial charge is 0.457 e. The van der Waals surface area contributed by atoms with Gasteiger partial charge in [0.25, 0.3) is 0 Å². The third-order valence-corrected chi connectivity index (χ3v) is 4.82. The number of ether oxygens (including phenoxy) is 1. The highest BCUT2D eigenvalue weighted by molar-refractivity contribution is 6.03. The van der Waals surface area contributed by atoms with Gasteiger partial charge in [-0.2, -0.15) is 5.26 Å². The van der Waals surface area contributed by atoms with E-state index in [2.05, 4.69) is 10.6 Å². The molecule has 0 bridgehead atoms. The van der Waals surface area contributed by atoms with E-state index in [4.69, 9.17) is 10.00 Å². The average molecular weight is 397 g/mol. The highest BCUT2D eigenvalue weighted by atomic mass is 16.5. The molecule has 1 saturated carbocycles. The monoisotopic (exact) mass is 397 g/mol. The smallest absolute Gasteiger partial charge is 0.228 e. The molecule has 3 aromatic rings. The first-order valence-corrected chi connectivity index (χ1v) is 9.57. The number of nitriles is 1. The molecule has 0 heterocycles. The van der Waals surface area contributed by atoms with Gasteiger partial charge in [-0.1, -0.05) is 24.3 Å². The van der Waals surface area contributed by atoms with Crippen LogP contribution in [0.3, 0.4) is 0 Å². The van der Waals surface area contributed by atoms with Crippen molar-refractivity contribution in [1.29, 1.82) is 5.26 Å². The van der Waals surface area contributed by atoms with E-state index in [1.807, 2.05) is 36.4 Å². The zero-order valence-electron chi connectivity index (χ0n) is 16.0. The number of rotatable bonds is 6. The highest BCUT2D eigenvalue weighted by Crippen LogP contribution is 2.40. The molecule has 30 heavy (non-hydrogen) atoms. The number of nitrogens with zero attached hydrogens (tertiary/aromatic N) is 1. The molecule has 0 aliphatic heterocycles. The van der Waals surface area contributed by atoms with E-state index in [1.165, 1.54) is 0 Å². The van der Waals surface area contributed by atoms with Gasteiger partial charge in [-0.15, -0.1) is 0 Å². The van der Waals surface area contributed by atoms with Crippen molar-refractivity contribution in [2.24, 2.45) is 11.8 Å². The van der Waals surface area contributed by atoms with Crippen LogP contribution in [-0.4, -0.2) is 11.8 Å². The second kappa shape index (κ2) is 8.50. The normalized spacial score (nSPS) is 16.8. The van der Waals surface area contributed by atoms with Crippen LogP contribution in [0.1, 0.15) is 12.0 Å². The van der Waals surface area contributed by atoms with Crippen LogP contribution in [0.4, 0.5) is 11.4 Å². The topological polar surface area (TPSA) is 91.2 Å². The molecule has 0 aromatic heterocycles. The molecule has 1 fully saturated rings. The van der Waals surface area contributed by atoms with E-state index >= 15 is 0 Å². The molecular weight excluding hydrogens is 378 g/mol. The second-order valence-corrected chi connectivity index (χ2v) is 7.06. The summed E-state index contributed by atoms with van der Waals surface area (Å²) >= 11 is 0. The van der Waals surface area contributed by atoms with Crippen LogP contribution in [0, 0.1) is 23.2 Å². The van der Waals surface area contributed by atoms with Crippen LogP contribution >= 0.6 is 0 Å². The van der Waals surface area contributed by atoms with E-state index in [9.17, 15) is 9.59 Å². The molecule has 2 unspecified atom stereocenters. The maximum Gasteiger partial charge on any atom is 0.228 e. The number of carbonyl (C=O) groups excluding carboxylic acids is 2. The van der Waals surface area contributed by atoms with Crippen LogP contribution < -0.4 is 15.4 Å². The first-order chi connectivity index (χ1) is 14.6. The number of benzene rings is 3. The summed E-state index contributed by atoms with van der Waals surface area (Å²) in [4.78, 5) is 24.8. The Labute approximate surface area is 174 Å². The van der Waals surface area contributed by atoms with Crippen molar-refractivity contribution >= 4 is 23.2 Å². The fraction of sp³-hybridized carbons (Fsp3) is 0.125. The van der Waals surface area contributed by atoms with Gasteiger partial charge in [0.1, 0.15) is 11.5 Å². The van der Waals surface area contributed by atoms with E-state index in [-0.39, 0.29) is 23.7 Å². The summed E-state index contributed by atoms with van der Waals surface area (Å²) in [5.41, 5.74) is 1.67. The standard InChI is InChI=1S/C24H19N3O3/c25-15-16-5-4-6-18(13-16)27-24(29)22-14-21(22)23(28)26-17-9-11-20(12-10-17)30-19-7-2-1-3-8-19/h1-13,21-22H,14H2,(H,26,28)(H,27,29). The summed E-state index contributed by atoms with van der Waals surface area (Å²) in [7, 11) is 0. The number of nitrogens with one attached hydrogen (secondary N) is 2. The zero-order valence-corrected chi connectivity index (χ0v) is 16.0. The maximum atomic E-state index is 12.5. The number of hydrogen-bond donors (Lipinski definition) is 2. The molecule has 4 rings (SSSR count). The Morgan fingerprint density at radius 3 is 2.10 bits per heavy atom. The Morgan fingerprint density at radius 2 is 1.43 bits per heavy atom. The van der Waals surface area contributed by atoms with Crippen molar-refractivity contribution < 1.29 is 14.3 Å². The van der Waals surface area contributed by atoms with Crippen molar-refractivity contribution in [2.75, 3.05) is 10.6 Å².